The molecule has 0 amide bonds. The van der Waals surface area contributed by atoms with Gasteiger partial charge in [0.15, 0.2) is 5.38 Å². The lowest BCUT2D eigenvalue weighted by atomic mass is 10.3. The van der Waals surface area contributed by atoms with E-state index in [0.29, 0.717) is 0 Å². The highest BCUT2D eigenvalue weighted by molar-refractivity contribution is 6.21. The maximum atomic E-state index is 11.4. The predicted octanol–water partition coefficient (Wildman–Crippen LogP) is 1.54. The number of aliphatic hydroxyl groups is 1. The Bertz CT molecular complexity index is 90.3. The summed E-state index contributed by atoms with van der Waals surface area (Å²) in [6.45, 7) is 0.991. The first-order valence-corrected chi connectivity index (χ1v) is 2.68. The lowest BCUT2D eigenvalue weighted by Gasteiger charge is -2.15. The van der Waals surface area contributed by atoms with Crippen LogP contribution in [-0.4, -0.2) is 22.8 Å². The normalized spacial score (nSPS) is 19.3. The average Bonchev–Trinajstić information content (AvgIpc) is 1.62. The highest BCUT2D eigenvalue weighted by Crippen LogP contribution is 2.26. The van der Waals surface area contributed by atoms with E-state index in [1.54, 1.807) is 0 Å². The van der Waals surface area contributed by atoms with Crippen molar-refractivity contribution in [1.29, 1.82) is 0 Å². The van der Waals surface area contributed by atoms with Crippen molar-refractivity contribution in [2.24, 2.45) is 0 Å². The topological polar surface area (TPSA) is 20.2 Å². The SMILES string of the molecule is CC(O)C(Cl)C(F)(F)F. The van der Waals surface area contributed by atoms with Gasteiger partial charge in [0.2, 0.25) is 0 Å². The van der Waals surface area contributed by atoms with E-state index in [0.717, 1.165) is 6.92 Å². The Kier molecular flexibility index (Phi) is 2.76. The molecule has 0 radical (unpaired) electrons. The highest BCUT2D eigenvalue weighted by atomic mass is 35.5. The molecular formula is C4H6ClF3O. The maximum Gasteiger partial charge on any atom is 0.407 e. The van der Waals surface area contributed by atoms with Crippen LogP contribution in [0.15, 0.2) is 0 Å². The van der Waals surface area contributed by atoms with E-state index < -0.39 is 17.7 Å². The summed E-state index contributed by atoms with van der Waals surface area (Å²) < 4.78 is 34.2. The van der Waals surface area contributed by atoms with Gasteiger partial charge in [-0.3, -0.25) is 0 Å². The molecule has 0 bridgehead atoms. The summed E-state index contributed by atoms with van der Waals surface area (Å²) in [5.74, 6) is 0. The lowest BCUT2D eigenvalue weighted by molar-refractivity contribution is -0.146. The third-order valence-corrected chi connectivity index (χ3v) is 1.35. The average molecular weight is 163 g/mol. The molecule has 0 saturated heterocycles. The molecule has 2 atom stereocenters. The van der Waals surface area contributed by atoms with Crippen molar-refractivity contribution in [1.82, 2.24) is 0 Å². The zero-order valence-electron chi connectivity index (χ0n) is 4.61. The van der Waals surface area contributed by atoms with Crippen molar-refractivity contribution in [2.75, 3.05) is 0 Å². The van der Waals surface area contributed by atoms with Crippen LogP contribution in [0.4, 0.5) is 13.2 Å². The molecule has 2 unspecified atom stereocenters. The third-order valence-electron chi connectivity index (χ3n) is 0.736. The van der Waals surface area contributed by atoms with Crippen LogP contribution in [0.1, 0.15) is 6.92 Å². The van der Waals surface area contributed by atoms with Gasteiger partial charge in [0.1, 0.15) is 0 Å². The smallest absolute Gasteiger partial charge is 0.392 e. The number of halogens is 4. The molecule has 1 N–H and O–H groups in total. The van der Waals surface area contributed by atoms with E-state index >= 15 is 0 Å². The molecule has 56 valence electrons. The number of rotatable bonds is 1. The lowest BCUT2D eigenvalue weighted by Crippen LogP contribution is -2.32. The molecule has 0 heterocycles. The van der Waals surface area contributed by atoms with Gasteiger partial charge < -0.3 is 5.11 Å². The van der Waals surface area contributed by atoms with Crippen molar-refractivity contribution in [3.05, 3.63) is 0 Å². The minimum Gasteiger partial charge on any atom is -0.392 e. The Morgan fingerprint density at radius 3 is 1.78 bits per heavy atom. The van der Waals surface area contributed by atoms with E-state index in [9.17, 15) is 13.2 Å². The fraction of sp³-hybridized carbons (Fsp3) is 1.00. The Labute approximate surface area is 55.4 Å². The summed E-state index contributed by atoms with van der Waals surface area (Å²) >= 11 is 4.72. The molecule has 0 aliphatic carbocycles. The van der Waals surface area contributed by atoms with Gasteiger partial charge in [0.05, 0.1) is 6.10 Å². The van der Waals surface area contributed by atoms with Crippen LogP contribution >= 0.6 is 11.6 Å². The van der Waals surface area contributed by atoms with Crippen LogP contribution in [0.25, 0.3) is 0 Å². The maximum absolute atomic E-state index is 11.4. The zero-order chi connectivity index (χ0) is 7.65. The van der Waals surface area contributed by atoms with Gasteiger partial charge in [0, 0.05) is 0 Å². The Morgan fingerprint density at radius 2 is 1.78 bits per heavy atom. The molecule has 9 heavy (non-hydrogen) atoms. The molecule has 5 heteroatoms. The Hall–Kier alpha value is 0.0400. The van der Waals surface area contributed by atoms with E-state index in [4.69, 9.17) is 16.7 Å². The van der Waals surface area contributed by atoms with Gasteiger partial charge in [-0.2, -0.15) is 13.2 Å². The fourth-order valence-electron chi connectivity index (χ4n) is 0.273. The van der Waals surface area contributed by atoms with Gasteiger partial charge in [0.25, 0.3) is 0 Å². The van der Waals surface area contributed by atoms with Crippen molar-refractivity contribution >= 4 is 11.6 Å². The summed E-state index contributed by atoms with van der Waals surface area (Å²) in [5, 5.41) is 6.15. The third kappa shape index (κ3) is 2.91. The summed E-state index contributed by atoms with van der Waals surface area (Å²) in [5.41, 5.74) is 0. The largest absolute Gasteiger partial charge is 0.407 e. The molecule has 0 aliphatic rings. The quantitative estimate of drug-likeness (QED) is 0.580. The monoisotopic (exact) mass is 162 g/mol. The van der Waals surface area contributed by atoms with Gasteiger partial charge in [-0.05, 0) is 6.92 Å². The Morgan fingerprint density at radius 1 is 1.44 bits per heavy atom. The highest BCUT2D eigenvalue weighted by Gasteiger charge is 2.41. The second kappa shape index (κ2) is 2.75. The van der Waals surface area contributed by atoms with Crippen LogP contribution in [0, 0.1) is 0 Å². The van der Waals surface area contributed by atoms with E-state index in [1.807, 2.05) is 0 Å². The van der Waals surface area contributed by atoms with Crippen molar-refractivity contribution in [3.8, 4) is 0 Å². The second-order valence-corrected chi connectivity index (χ2v) is 2.15. The number of aliphatic hydroxyl groups excluding tert-OH is 1. The summed E-state index contributed by atoms with van der Waals surface area (Å²) in [7, 11) is 0. The van der Waals surface area contributed by atoms with Gasteiger partial charge in [-0.25, -0.2) is 0 Å². The second-order valence-electron chi connectivity index (χ2n) is 1.68. The molecule has 0 rings (SSSR count). The van der Waals surface area contributed by atoms with E-state index in [-0.39, 0.29) is 0 Å². The molecular weight excluding hydrogens is 156 g/mol. The zero-order valence-corrected chi connectivity index (χ0v) is 5.37. The minimum absolute atomic E-state index is 0.991. The molecule has 0 aromatic heterocycles. The predicted molar refractivity (Wildman–Crippen MR) is 27.4 cm³/mol. The van der Waals surface area contributed by atoms with Crippen molar-refractivity contribution in [3.63, 3.8) is 0 Å². The number of hydrogen-bond acceptors (Lipinski definition) is 1. The van der Waals surface area contributed by atoms with Gasteiger partial charge >= 0.3 is 6.18 Å². The Balaban J connectivity index is 3.88. The van der Waals surface area contributed by atoms with Gasteiger partial charge in [-0.1, -0.05) is 0 Å². The molecule has 0 aromatic rings. The first-order valence-electron chi connectivity index (χ1n) is 2.24. The van der Waals surface area contributed by atoms with Crippen LogP contribution in [0.3, 0.4) is 0 Å². The summed E-state index contributed by atoms with van der Waals surface area (Å²) in [6, 6.07) is 0. The fourth-order valence-corrected chi connectivity index (χ4v) is 0.273. The molecule has 0 aliphatic heterocycles. The first kappa shape index (κ1) is 9.04. The van der Waals surface area contributed by atoms with Crippen LogP contribution in [0.5, 0.6) is 0 Å². The number of hydrogen-bond donors (Lipinski definition) is 1. The molecule has 0 saturated carbocycles. The van der Waals surface area contributed by atoms with E-state index in [1.165, 1.54) is 0 Å². The minimum atomic E-state index is -4.50. The summed E-state index contributed by atoms with van der Waals surface area (Å²) in [4.78, 5) is 0. The molecule has 0 fully saturated rings. The standard InChI is InChI=1S/C4H6ClF3O/c1-2(9)3(5)4(6,7)8/h2-3,9H,1H3. The molecule has 0 spiro atoms. The van der Waals surface area contributed by atoms with Crippen LogP contribution < -0.4 is 0 Å². The van der Waals surface area contributed by atoms with Crippen molar-refractivity contribution < 1.29 is 18.3 Å². The first-order chi connectivity index (χ1) is 3.85. The molecule has 1 nitrogen and oxygen atoms in total. The number of alkyl halides is 4. The van der Waals surface area contributed by atoms with Crippen LogP contribution in [0.2, 0.25) is 0 Å². The summed E-state index contributed by atoms with van der Waals surface area (Å²) in [6.07, 6.45) is -6.05. The van der Waals surface area contributed by atoms with E-state index in [2.05, 4.69) is 0 Å². The molecule has 0 aromatic carbocycles. The van der Waals surface area contributed by atoms with Crippen molar-refractivity contribution in [2.45, 2.75) is 24.6 Å². The van der Waals surface area contributed by atoms with Crippen LogP contribution in [-0.2, 0) is 0 Å². The van der Waals surface area contributed by atoms with Gasteiger partial charge in [-0.15, -0.1) is 11.6 Å².